The second-order valence-corrected chi connectivity index (χ2v) is 13.7. The lowest BCUT2D eigenvalue weighted by Crippen LogP contribution is -2.46. The van der Waals surface area contributed by atoms with Gasteiger partial charge < -0.3 is 39.9 Å². The molecule has 0 saturated carbocycles. The number of imidazole rings is 2. The van der Waals surface area contributed by atoms with E-state index in [9.17, 15) is 19.2 Å². The molecule has 2 unspecified atom stereocenters. The molecule has 0 bridgehead atoms. The van der Waals surface area contributed by atoms with Crippen LogP contribution in [0.3, 0.4) is 0 Å². The molecule has 5 aromatic rings. The molecule has 2 aliphatic heterocycles. The predicted octanol–water partition coefficient (Wildman–Crippen LogP) is 6.30. The number of nitrogens with zero attached hydrogens (tertiary/aromatic N) is 4. The molecule has 0 aliphatic carbocycles. The summed E-state index contributed by atoms with van der Waals surface area (Å²) in [7, 11) is 2.55. The molecule has 0 spiro atoms. The molecule has 4 heterocycles. The summed E-state index contributed by atoms with van der Waals surface area (Å²) in [6.07, 6.45) is 5.46. The van der Waals surface area contributed by atoms with Gasteiger partial charge in [-0.25, -0.2) is 19.6 Å². The minimum Gasteiger partial charge on any atom is -0.453 e. The fraction of sp³-hybridized carbons (Fsp3) is 0.317. The van der Waals surface area contributed by atoms with E-state index in [4.69, 9.17) is 4.74 Å². The lowest BCUT2D eigenvalue weighted by molar-refractivity contribution is -0.135. The van der Waals surface area contributed by atoms with Crippen molar-refractivity contribution in [3.8, 4) is 33.6 Å². The van der Waals surface area contributed by atoms with Crippen LogP contribution in [0.1, 0.15) is 67.9 Å². The minimum atomic E-state index is -0.879. The third-order valence-electron chi connectivity index (χ3n) is 10.3. The Kier molecular flexibility index (Phi) is 10.9. The van der Waals surface area contributed by atoms with E-state index in [2.05, 4.69) is 59.6 Å². The molecule has 2 saturated heterocycles. The first kappa shape index (κ1) is 36.9. The summed E-state index contributed by atoms with van der Waals surface area (Å²) in [6, 6.07) is 23.5. The highest BCUT2D eigenvalue weighted by molar-refractivity contribution is 5.88. The molecule has 284 valence electrons. The molecular weight excluding hydrogens is 701 g/mol. The maximum atomic E-state index is 13.9. The summed E-state index contributed by atoms with van der Waals surface area (Å²) in [5.41, 5.74) is 6.40. The lowest BCUT2D eigenvalue weighted by atomic mass is 10.0. The van der Waals surface area contributed by atoms with Gasteiger partial charge in [0, 0.05) is 13.1 Å². The summed E-state index contributed by atoms with van der Waals surface area (Å²) < 4.78 is 9.46. The zero-order chi connectivity index (χ0) is 38.5. The fourth-order valence-electron chi connectivity index (χ4n) is 7.44. The van der Waals surface area contributed by atoms with Crippen LogP contribution in [0.15, 0.2) is 91.3 Å². The Morgan fingerprint density at radius 3 is 1.60 bits per heavy atom. The molecule has 4 amide bonds. The van der Waals surface area contributed by atoms with E-state index in [0.29, 0.717) is 30.3 Å². The number of rotatable bonds is 10. The Balaban J connectivity index is 1.00. The summed E-state index contributed by atoms with van der Waals surface area (Å²) in [4.78, 5) is 70.5. The van der Waals surface area contributed by atoms with Crippen molar-refractivity contribution >= 4 is 24.0 Å². The first-order valence-electron chi connectivity index (χ1n) is 18.4. The van der Waals surface area contributed by atoms with E-state index in [1.54, 1.807) is 29.1 Å². The third kappa shape index (κ3) is 7.93. The van der Waals surface area contributed by atoms with Gasteiger partial charge in [-0.15, -0.1) is 0 Å². The fourth-order valence-corrected chi connectivity index (χ4v) is 7.44. The van der Waals surface area contributed by atoms with Crippen molar-refractivity contribution in [3.05, 3.63) is 108 Å². The first-order chi connectivity index (χ1) is 26.7. The Morgan fingerprint density at radius 2 is 1.11 bits per heavy atom. The number of methoxy groups -OCH3 is 2. The minimum absolute atomic E-state index is 0.176. The normalized spacial score (nSPS) is 17.7. The Bertz CT molecular complexity index is 2130. The molecule has 14 nitrogen and oxygen atoms in total. The number of likely N-dealkylation sites (tertiary alicyclic amines) is 2. The van der Waals surface area contributed by atoms with Gasteiger partial charge in [-0.05, 0) is 60.4 Å². The molecule has 2 fully saturated rings. The third-order valence-corrected chi connectivity index (χ3v) is 10.3. The van der Waals surface area contributed by atoms with Gasteiger partial charge >= 0.3 is 12.2 Å². The summed E-state index contributed by atoms with van der Waals surface area (Å²) in [6.45, 7) is 2.80. The quantitative estimate of drug-likeness (QED) is 0.129. The van der Waals surface area contributed by atoms with Crippen molar-refractivity contribution in [1.82, 2.24) is 40.4 Å². The van der Waals surface area contributed by atoms with E-state index < -0.39 is 24.3 Å². The van der Waals surface area contributed by atoms with Gasteiger partial charge in [-0.3, -0.25) is 9.59 Å². The van der Waals surface area contributed by atoms with Gasteiger partial charge in [0.25, 0.3) is 5.91 Å². The van der Waals surface area contributed by atoms with Crippen LogP contribution in [0.4, 0.5) is 9.59 Å². The van der Waals surface area contributed by atoms with Crippen molar-refractivity contribution < 1.29 is 28.7 Å². The van der Waals surface area contributed by atoms with Crippen LogP contribution >= 0.6 is 0 Å². The van der Waals surface area contributed by atoms with Gasteiger partial charge in [-0.1, -0.05) is 78.9 Å². The number of nitrogens with one attached hydrogen (secondary N) is 4. The molecule has 4 N–H and O–H groups in total. The Hall–Kier alpha value is -6.44. The highest BCUT2D eigenvalue weighted by Gasteiger charge is 2.37. The van der Waals surface area contributed by atoms with Crippen LogP contribution in [-0.2, 0) is 19.1 Å². The number of carbonyl (C=O) groups is 4. The summed E-state index contributed by atoms with van der Waals surface area (Å²) >= 11 is 0. The number of hydrogen-bond donors (Lipinski definition) is 4. The number of hydrogen-bond acceptors (Lipinski definition) is 8. The monoisotopic (exact) mass is 744 g/mol. The zero-order valence-electron chi connectivity index (χ0n) is 31.0. The predicted molar refractivity (Wildman–Crippen MR) is 204 cm³/mol. The van der Waals surface area contributed by atoms with E-state index in [1.807, 2.05) is 54.6 Å². The largest absolute Gasteiger partial charge is 0.453 e. The number of benzene rings is 3. The molecule has 2 aliphatic rings. The van der Waals surface area contributed by atoms with Crippen LogP contribution in [0.5, 0.6) is 0 Å². The van der Waals surface area contributed by atoms with Gasteiger partial charge in [0.2, 0.25) is 5.91 Å². The average Bonchev–Trinajstić information content (AvgIpc) is 4.07. The van der Waals surface area contributed by atoms with E-state index in [0.717, 1.165) is 59.3 Å². The number of aromatic nitrogens is 4. The Morgan fingerprint density at radius 1 is 0.655 bits per heavy atom. The molecule has 2 aromatic heterocycles. The highest BCUT2D eigenvalue weighted by atomic mass is 16.5. The second-order valence-electron chi connectivity index (χ2n) is 13.7. The zero-order valence-corrected chi connectivity index (χ0v) is 31.0. The number of H-pyrrole nitrogens is 2. The van der Waals surface area contributed by atoms with Crippen molar-refractivity contribution in [3.63, 3.8) is 0 Å². The first-order valence-corrected chi connectivity index (χ1v) is 18.4. The van der Waals surface area contributed by atoms with Crippen LogP contribution in [0.2, 0.25) is 0 Å². The van der Waals surface area contributed by atoms with E-state index in [-0.39, 0.29) is 23.9 Å². The second kappa shape index (κ2) is 16.3. The average molecular weight is 745 g/mol. The lowest BCUT2D eigenvalue weighted by Gasteiger charge is -2.28. The van der Waals surface area contributed by atoms with E-state index in [1.165, 1.54) is 14.2 Å². The SMILES string of the molecule is COC(=O)N[C@H](C)C(=O)N1CCCC1c1ncc(-c2ccc(-c3ccc(-c4cnc(C5CCCN5C(=O)[C@H](NC(=O)OC)c5ccccc5)[nH]4)cc3)cc2)[nH]1. The van der Waals surface area contributed by atoms with Gasteiger partial charge in [0.1, 0.15) is 23.7 Å². The van der Waals surface area contributed by atoms with Crippen LogP contribution in [0, 0.1) is 0 Å². The van der Waals surface area contributed by atoms with Crippen molar-refractivity contribution in [2.24, 2.45) is 0 Å². The van der Waals surface area contributed by atoms with E-state index >= 15 is 0 Å². The number of amides is 4. The van der Waals surface area contributed by atoms with Crippen LogP contribution < -0.4 is 10.6 Å². The number of ether oxygens (including phenoxy) is 2. The summed E-state index contributed by atoms with van der Waals surface area (Å²) in [5.74, 6) is 1.02. The number of aromatic amines is 2. The van der Waals surface area contributed by atoms with Gasteiger partial charge in [0.15, 0.2) is 0 Å². The van der Waals surface area contributed by atoms with Gasteiger partial charge in [-0.2, -0.15) is 0 Å². The number of carbonyl (C=O) groups excluding carboxylic acids is 4. The van der Waals surface area contributed by atoms with Crippen molar-refractivity contribution in [1.29, 1.82) is 0 Å². The van der Waals surface area contributed by atoms with Crippen LogP contribution in [0.25, 0.3) is 33.6 Å². The maximum absolute atomic E-state index is 13.9. The Labute approximate surface area is 318 Å². The summed E-state index contributed by atoms with van der Waals surface area (Å²) in [5, 5.41) is 5.26. The molecule has 55 heavy (non-hydrogen) atoms. The molecule has 0 radical (unpaired) electrons. The smallest absolute Gasteiger partial charge is 0.407 e. The van der Waals surface area contributed by atoms with Crippen molar-refractivity contribution in [2.45, 2.75) is 56.8 Å². The maximum Gasteiger partial charge on any atom is 0.407 e. The van der Waals surface area contributed by atoms with Crippen molar-refractivity contribution in [2.75, 3.05) is 27.3 Å². The molecule has 14 heteroatoms. The molecule has 3 aromatic carbocycles. The number of alkyl carbamates (subject to hydrolysis) is 2. The molecular formula is C41H44N8O6. The standard InChI is InChI=1S/C41H44N8O6/c1-25(44-40(52)54-2)38(50)48-21-7-11-33(48)36-42-23-31(45-36)28-17-13-26(14-18-28)27-15-19-29(20-16-27)32-24-43-37(46-32)34-12-8-22-49(34)39(51)35(47-41(53)55-3)30-9-5-4-6-10-30/h4-6,9-10,13-20,23-25,33-35H,7-8,11-12,21-22H2,1-3H3,(H,42,45)(H,43,46)(H,44,52)(H,47,53)/t25-,33?,34?,35-/m1/s1. The molecule has 7 rings (SSSR count). The highest BCUT2D eigenvalue weighted by Crippen LogP contribution is 2.35. The topological polar surface area (TPSA) is 175 Å². The van der Waals surface area contributed by atoms with Crippen LogP contribution in [-0.4, -0.2) is 87.1 Å². The van der Waals surface area contributed by atoms with Gasteiger partial charge in [0.05, 0.1) is 50.1 Å². The molecule has 4 atom stereocenters.